The largest absolute Gasteiger partial charge is 0.484 e. The van der Waals surface area contributed by atoms with Gasteiger partial charge in [-0.05, 0) is 36.4 Å². The number of hydrogen-bond donors (Lipinski definition) is 1. The van der Waals surface area contributed by atoms with Gasteiger partial charge in [-0.25, -0.2) is 0 Å². The fraction of sp³-hybridized carbons (Fsp3) is 0.0556. The van der Waals surface area contributed by atoms with Crippen molar-refractivity contribution >= 4 is 52.1 Å². The van der Waals surface area contributed by atoms with E-state index in [4.69, 9.17) is 44.0 Å². The number of rotatable bonds is 6. The Labute approximate surface area is 173 Å². The van der Waals surface area contributed by atoms with E-state index in [9.17, 15) is 14.9 Å². The second-order valence-corrected chi connectivity index (χ2v) is 6.70. The first kappa shape index (κ1) is 20.0. The van der Waals surface area contributed by atoms with Crippen molar-refractivity contribution in [2.24, 2.45) is 0 Å². The molecule has 0 saturated heterocycles. The molecule has 28 heavy (non-hydrogen) atoms. The minimum Gasteiger partial charge on any atom is -0.484 e. The third kappa shape index (κ3) is 4.56. The zero-order chi connectivity index (χ0) is 20.3. The van der Waals surface area contributed by atoms with Gasteiger partial charge in [-0.15, -0.1) is 0 Å². The van der Waals surface area contributed by atoms with Crippen LogP contribution in [0.2, 0.25) is 15.1 Å². The van der Waals surface area contributed by atoms with E-state index in [0.29, 0.717) is 16.5 Å². The highest BCUT2D eigenvalue weighted by Gasteiger charge is 2.19. The van der Waals surface area contributed by atoms with Crippen molar-refractivity contribution in [3.63, 3.8) is 0 Å². The topological polar surface area (TPSA) is 94.6 Å². The molecule has 0 atom stereocenters. The summed E-state index contributed by atoms with van der Waals surface area (Å²) in [6.45, 7) is 0.00837. The molecular weight excluding hydrogens is 431 g/mol. The smallest absolute Gasteiger partial charge is 0.294 e. The summed E-state index contributed by atoms with van der Waals surface area (Å²) in [7, 11) is 0. The maximum Gasteiger partial charge on any atom is 0.294 e. The molecule has 0 aliphatic heterocycles. The Balaban J connectivity index is 1.69. The number of ether oxygens (including phenoxy) is 1. The van der Waals surface area contributed by atoms with Crippen molar-refractivity contribution < 1.29 is 18.9 Å². The number of carbonyl (C=O) groups excluding carboxylic acids is 1. The fourth-order valence-electron chi connectivity index (χ4n) is 2.27. The van der Waals surface area contributed by atoms with Gasteiger partial charge in [-0.1, -0.05) is 40.9 Å². The number of nitro benzene ring substituents is 1. The predicted molar refractivity (Wildman–Crippen MR) is 106 cm³/mol. The second kappa shape index (κ2) is 8.52. The maximum absolute atomic E-state index is 12.3. The molecule has 7 nitrogen and oxygen atoms in total. The summed E-state index contributed by atoms with van der Waals surface area (Å²) in [6.07, 6.45) is 0. The van der Waals surface area contributed by atoms with Crippen molar-refractivity contribution in [2.75, 3.05) is 5.32 Å². The van der Waals surface area contributed by atoms with Crippen LogP contribution in [0.5, 0.6) is 5.75 Å². The number of carbonyl (C=O) groups is 1. The van der Waals surface area contributed by atoms with E-state index in [-0.39, 0.29) is 33.8 Å². The Morgan fingerprint density at radius 1 is 1.14 bits per heavy atom. The number of furan rings is 1. The van der Waals surface area contributed by atoms with Crippen LogP contribution in [-0.4, -0.2) is 10.8 Å². The average molecular weight is 442 g/mol. The first-order valence-corrected chi connectivity index (χ1v) is 8.89. The van der Waals surface area contributed by atoms with Crippen LogP contribution in [0, 0.1) is 10.1 Å². The molecule has 0 radical (unpaired) electrons. The van der Waals surface area contributed by atoms with Crippen LogP contribution >= 0.6 is 34.8 Å². The van der Waals surface area contributed by atoms with Crippen molar-refractivity contribution in [1.82, 2.24) is 0 Å². The lowest BCUT2D eigenvalue weighted by atomic mass is 10.2. The summed E-state index contributed by atoms with van der Waals surface area (Å²) >= 11 is 17.7. The molecule has 2 aromatic carbocycles. The second-order valence-electron chi connectivity index (χ2n) is 5.48. The third-order valence-electron chi connectivity index (χ3n) is 3.58. The number of nitrogens with one attached hydrogen (secondary N) is 1. The number of halogens is 3. The molecule has 0 aliphatic rings. The lowest BCUT2D eigenvalue weighted by Gasteiger charge is -2.07. The molecule has 1 heterocycles. The molecule has 0 spiro atoms. The molecule has 3 aromatic rings. The van der Waals surface area contributed by atoms with Crippen molar-refractivity contribution in [1.29, 1.82) is 0 Å². The van der Waals surface area contributed by atoms with Crippen molar-refractivity contribution in [2.45, 2.75) is 6.61 Å². The molecule has 0 fully saturated rings. The van der Waals surface area contributed by atoms with Crippen LogP contribution in [0.1, 0.15) is 16.3 Å². The number of nitrogens with zero attached hydrogens (tertiary/aromatic N) is 1. The summed E-state index contributed by atoms with van der Waals surface area (Å²) < 4.78 is 11.0. The number of nitro groups is 1. The highest BCUT2D eigenvalue weighted by molar-refractivity contribution is 6.42. The molecule has 1 amide bonds. The van der Waals surface area contributed by atoms with Gasteiger partial charge in [-0.2, -0.15) is 0 Å². The van der Waals surface area contributed by atoms with Gasteiger partial charge in [0.1, 0.15) is 28.8 Å². The van der Waals surface area contributed by atoms with Gasteiger partial charge in [0.05, 0.1) is 9.95 Å². The Hall–Kier alpha value is -2.74. The molecule has 3 rings (SSSR count). The SMILES string of the molecule is O=C(Nc1ccc(Cl)cc1[N+](=O)[O-])c1ccc(COc2cccc(Cl)c2Cl)o1. The minimum absolute atomic E-state index is 0.000640. The summed E-state index contributed by atoms with van der Waals surface area (Å²) in [4.78, 5) is 22.8. The molecule has 1 aromatic heterocycles. The molecule has 0 bridgehead atoms. The van der Waals surface area contributed by atoms with E-state index in [2.05, 4.69) is 5.32 Å². The number of anilines is 1. The minimum atomic E-state index is -0.655. The van der Waals surface area contributed by atoms with Crippen LogP contribution in [0.15, 0.2) is 52.9 Å². The molecule has 144 valence electrons. The molecule has 0 unspecified atom stereocenters. The lowest BCUT2D eigenvalue weighted by Crippen LogP contribution is -2.12. The normalized spacial score (nSPS) is 10.5. The highest BCUT2D eigenvalue weighted by Crippen LogP contribution is 2.32. The third-order valence-corrected chi connectivity index (χ3v) is 4.61. The number of benzene rings is 2. The number of amides is 1. The lowest BCUT2D eigenvalue weighted by molar-refractivity contribution is -0.383. The molecule has 1 N–H and O–H groups in total. The van der Waals surface area contributed by atoms with Crippen LogP contribution < -0.4 is 10.1 Å². The fourth-order valence-corrected chi connectivity index (χ4v) is 2.78. The van der Waals surface area contributed by atoms with E-state index >= 15 is 0 Å². The zero-order valence-electron chi connectivity index (χ0n) is 13.9. The van der Waals surface area contributed by atoms with E-state index in [1.807, 2.05) is 0 Å². The van der Waals surface area contributed by atoms with Crippen LogP contribution in [0.4, 0.5) is 11.4 Å². The van der Waals surface area contributed by atoms with Crippen LogP contribution in [-0.2, 0) is 6.61 Å². The molecular formula is C18H11Cl3N2O5. The van der Waals surface area contributed by atoms with Crippen molar-refractivity contribution in [3.05, 3.63) is 85.2 Å². The van der Waals surface area contributed by atoms with Gasteiger partial charge < -0.3 is 14.5 Å². The Kier molecular flexibility index (Phi) is 6.08. The monoisotopic (exact) mass is 440 g/mol. The van der Waals surface area contributed by atoms with E-state index in [0.717, 1.165) is 6.07 Å². The first-order chi connectivity index (χ1) is 13.3. The van der Waals surface area contributed by atoms with Gasteiger partial charge in [0.25, 0.3) is 11.6 Å². The summed E-state index contributed by atoms with van der Waals surface area (Å²) in [5, 5.41) is 14.3. The van der Waals surface area contributed by atoms with Crippen LogP contribution in [0.3, 0.4) is 0 Å². The van der Waals surface area contributed by atoms with Gasteiger partial charge in [0.2, 0.25) is 0 Å². The highest BCUT2D eigenvalue weighted by atomic mass is 35.5. The Morgan fingerprint density at radius 3 is 2.68 bits per heavy atom. The van der Waals surface area contributed by atoms with E-state index < -0.39 is 10.8 Å². The van der Waals surface area contributed by atoms with Gasteiger partial charge in [0.15, 0.2) is 5.76 Å². The van der Waals surface area contributed by atoms with E-state index in [1.165, 1.54) is 18.2 Å². The molecule has 0 aliphatic carbocycles. The first-order valence-electron chi connectivity index (χ1n) is 7.76. The van der Waals surface area contributed by atoms with E-state index in [1.54, 1.807) is 24.3 Å². The summed E-state index contributed by atoms with van der Waals surface area (Å²) in [5.41, 5.74) is -0.328. The van der Waals surface area contributed by atoms with Gasteiger partial charge in [0, 0.05) is 11.1 Å². The van der Waals surface area contributed by atoms with Gasteiger partial charge in [-0.3, -0.25) is 14.9 Å². The van der Waals surface area contributed by atoms with Gasteiger partial charge >= 0.3 is 0 Å². The van der Waals surface area contributed by atoms with Crippen LogP contribution in [0.25, 0.3) is 0 Å². The Morgan fingerprint density at radius 2 is 1.93 bits per heavy atom. The van der Waals surface area contributed by atoms with Crippen molar-refractivity contribution in [3.8, 4) is 5.75 Å². The summed E-state index contributed by atoms with van der Waals surface area (Å²) in [6, 6.07) is 11.8. The predicted octanol–water partition coefficient (Wildman–Crippen LogP) is 5.98. The molecule has 0 saturated carbocycles. The quantitative estimate of drug-likeness (QED) is 0.375. The summed E-state index contributed by atoms with van der Waals surface area (Å²) in [5.74, 6) is 0.0256. The average Bonchev–Trinajstić information content (AvgIpc) is 3.13. The number of hydrogen-bond acceptors (Lipinski definition) is 5. The standard InChI is InChI=1S/C18H11Cl3N2O5/c19-10-4-6-13(14(8-10)23(25)26)22-18(24)16-7-5-11(28-16)9-27-15-3-1-2-12(20)17(15)21/h1-8H,9H2,(H,22,24). The molecule has 10 heteroatoms. The maximum atomic E-state index is 12.3. The Bertz CT molecular complexity index is 1050. The zero-order valence-corrected chi connectivity index (χ0v) is 16.2.